The van der Waals surface area contributed by atoms with Crippen LogP contribution in [0.25, 0.3) is 11.1 Å². The lowest BCUT2D eigenvalue weighted by Gasteiger charge is -2.27. The van der Waals surface area contributed by atoms with Crippen LogP contribution in [0.4, 0.5) is 5.82 Å². The van der Waals surface area contributed by atoms with Gasteiger partial charge in [0, 0.05) is 12.1 Å². The lowest BCUT2D eigenvalue weighted by Crippen LogP contribution is -2.27. The van der Waals surface area contributed by atoms with Gasteiger partial charge in [-0.2, -0.15) is 0 Å². The highest BCUT2D eigenvalue weighted by molar-refractivity contribution is 5.98. The standard InChI is InChI=1S/C17H23N3O2/c1-2-3-5-12-7-9-13(10-8-12)16(21)19-15-14-6-4-11-18-17(14)22-20-15/h4,6,11-13H,2-3,5,7-10H2,1H3,(H,19,20,21). The van der Waals surface area contributed by atoms with Crippen LogP contribution in [0.1, 0.15) is 51.9 Å². The summed E-state index contributed by atoms with van der Waals surface area (Å²) in [6.45, 7) is 2.23. The number of pyridine rings is 1. The van der Waals surface area contributed by atoms with Crippen LogP contribution in [-0.4, -0.2) is 16.0 Å². The normalized spacial score (nSPS) is 21.9. The van der Waals surface area contributed by atoms with Crippen LogP contribution < -0.4 is 5.32 Å². The van der Waals surface area contributed by atoms with Crippen molar-refractivity contribution in [3.63, 3.8) is 0 Å². The third kappa shape index (κ3) is 3.29. The van der Waals surface area contributed by atoms with Gasteiger partial charge in [-0.25, -0.2) is 4.98 Å². The first-order chi connectivity index (χ1) is 10.8. The Morgan fingerprint density at radius 1 is 1.36 bits per heavy atom. The number of rotatable bonds is 5. The van der Waals surface area contributed by atoms with E-state index in [0.29, 0.717) is 11.5 Å². The van der Waals surface area contributed by atoms with Gasteiger partial charge in [-0.15, -0.1) is 0 Å². The van der Waals surface area contributed by atoms with E-state index < -0.39 is 0 Å². The highest BCUT2D eigenvalue weighted by Gasteiger charge is 2.27. The van der Waals surface area contributed by atoms with Crippen LogP contribution in [0.15, 0.2) is 22.9 Å². The number of fused-ring (bicyclic) bond motifs is 1. The maximum absolute atomic E-state index is 12.4. The van der Waals surface area contributed by atoms with Gasteiger partial charge in [-0.3, -0.25) is 4.79 Å². The van der Waals surface area contributed by atoms with Crippen molar-refractivity contribution < 1.29 is 9.32 Å². The summed E-state index contributed by atoms with van der Waals surface area (Å²) >= 11 is 0. The van der Waals surface area contributed by atoms with E-state index in [1.165, 1.54) is 32.1 Å². The molecule has 1 N–H and O–H groups in total. The summed E-state index contributed by atoms with van der Waals surface area (Å²) < 4.78 is 5.12. The van der Waals surface area contributed by atoms with Gasteiger partial charge < -0.3 is 9.84 Å². The van der Waals surface area contributed by atoms with Crippen LogP contribution in [0.2, 0.25) is 0 Å². The van der Waals surface area contributed by atoms with E-state index in [2.05, 4.69) is 22.4 Å². The maximum atomic E-state index is 12.4. The number of anilines is 1. The predicted molar refractivity (Wildman–Crippen MR) is 85.4 cm³/mol. The van der Waals surface area contributed by atoms with Crippen LogP contribution in [-0.2, 0) is 4.79 Å². The Hall–Kier alpha value is -1.91. The first-order valence-electron chi connectivity index (χ1n) is 8.29. The highest BCUT2D eigenvalue weighted by Crippen LogP contribution is 2.33. The molecular weight excluding hydrogens is 278 g/mol. The molecule has 3 rings (SSSR count). The monoisotopic (exact) mass is 301 g/mol. The van der Waals surface area contributed by atoms with Crippen molar-refractivity contribution in [3.8, 4) is 0 Å². The predicted octanol–water partition coefficient (Wildman–Crippen LogP) is 4.16. The summed E-state index contributed by atoms with van der Waals surface area (Å²) in [7, 11) is 0. The third-order valence-corrected chi connectivity index (χ3v) is 4.67. The minimum atomic E-state index is 0.0630. The highest BCUT2D eigenvalue weighted by atomic mass is 16.5. The van der Waals surface area contributed by atoms with Gasteiger partial charge in [0.25, 0.3) is 5.71 Å². The minimum Gasteiger partial charge on any atom is -0.334 e. The molecule has 2 heterocycles. The zero-order valence-electron chi connectivity index (χ0n) is 13.0. The van der Waals surface area contributed by atoms with Gasteiger partial charge in [0.15, 0.2) is 5.82 Å². The van der Waals surface area contributed by atoms with Gasteiger partial charge in [0.05, 0.1) is 5.39 Å². The van der Waals surface area contributed by atoms with E-state index in [0.717, 1.165) is 24.1 Å². The number of nitrogens with zero attached hydrogens (tertiary/aromatic N) is 2. The van der Waals surface area contributed by atoms with Gasteiger partial charge >= 0.3 is 0 Å². The van der Waals surface area contributed by atoms with E-state index in [-0.39, 0.29) is 11.8 Å². The number of carbonyl (C=O) groups is 1. The summed E-state index contributed by atoms with van der Waals surface area (Å²) in [6.07, 6.45) is 9.81. The molecule has 0 bridgehead atoms. The Morgan fingerprint density at radius 3 is 2.95 bits per heavy atom. The number of aromatic nitrogens is 2. The molecule has 0 aromatic carbocycles. The Kier molecular flexibility index (Phi) is 4.71. The largest absolute Gasteiger partial charge is 0.334 e. The quantitative estimate of drug-likeness (QED) is 0.900. The fraction of sp³-hybridized carbons (Fsp3) is 0.588. The Balaban J connectivity index is 1.57. The summed E-state index contributed by atoms with van der Waals surface area (Å²) in [5, 5.41) is 7.58. The smallest absolute Gasteiger partial charge is 0.259 e. The molecule has 5 nitrogen and oxygen atoms in total. The van der Waals surface area contributed by atoms with E-state index in [1.807, 2.05) is 12.1 Å². The molecule has 5 heteroatoms. The van der Waals surface area contributed by atoms with Gasteiger partial charge in [-0.1, -0.05) is 31.3 Å². The third-order valence-electron chi connectivity index (χ3n) is 4.67. The van der Waals surface area contributed by atoms with Crippen molar-refractivity contribution in [1.29, 1.82) is 0 Å². The second-order valence-corrected chi connectivity index (χ2v) is 6.24. The van der Waals surface area contributed by atoms with Crippen molar-refractivity contribution in [2.45, 2.75) is 51.9 Å². The molecule has 1 fully saturated rings. The van der Waals surface area contributed by atoms with Gasteiger partial charge in [-0.05, 0) is 43.7 Å². The average Bonchev–Trinajstić information content (AvgIpc) is 2.96. The second kappa shape index (κ2) is 6.90. The number of hydrogen-bond donors (Lipinski definition) is 1. The van der Waals surface area contributed by atoms with Crippen molar-refractivity contribution in [2.75, 3.05) is 5.32 Å². The molecule has 1 aliphatic carbocycles. The second-order valence-electron chi connectivity index (χ2n) is 6.24. The van der Waals surface area contributed by atoms with Gasteiger partial charge in [0.2, 0.25) is 5.91 Å². The zero-order chi connectivity index (χ0) is 15.4. The van der Waals surface area contributed by atoms with Crippen molar-refractivity contribution in [1.82, 2.24) is 10.1 Å². The average molecular weight is 301 g/mol. The molecule has 0 radical (unpaired) electrons. The van der Waals surface area contributed by atoms with Gasteiger partial charge in [0.1, 0.15) is 0 Å². The molecule has 0 atom stereocenters. The van der Waals surface area contributed by atoms with Crippen molar-refractivity contribution in [2.24, 2.45) is 11.8 Å². The first-order valence-corrected chi connectivity index (χ1v) is 8.29. The van der Waals surface area contributed by atoms with Crippen molar-refractivity contribution in [3.05, 3.63) is 18.3 Å². The molecule has 1 amide bonds. The summed E-state index contributed by atoms with van der Waals surface area (Å²) in [6, 6.07) is 3.67. The minimum absolute atomic E-state index is 0.0630. The molecule has 0 aliphatic heterocycles. The Morgan fingerprint density at radius 2 is 2.18 bits per heavy atom. The molecule has 118 valence electrons. The molecule has 2 aromatic rings. The summed E-state index contributed by atoms with van der Waals surface area (Å²) in [5.41, 5.74) is 0.459. The number of nitrogens with one attached hydrogen (secondary N) is 1. The Bertz CT molecular complexity index is 630. The fourth-order valence-corrected chi connectivity index (χ4v) is 3.30. The molecule has 22 heavy (non-hydrogen) atoms. The van der Waals surface area contributed by atoms with Crippen LogP contribution in [0.5, 0.6) is 0 Å². The SMILES string of the molecule is CCCCC1CCC(C(=O)Nc2noc3ncccc23)CC1. The molecule has 2 aromatic heterocycles. The van der Waals surface area contributed by atoms with E-state index >= 15 is 0 Å². The van der Waals surface area contributed by atoms with Crippen LogP contribution >= 0.6 is 0 Å². The first kappa shape index (κ1) is 15.0. The van der Waals surface area contributed by atoms with E-state index in [1.54, 1.807) is 6.20 Å². The summed E-state index contributed by atoms with van der Waals surface area (Å²) in [5.74, 6) is 1.46. The maximum Gasteiger partial charge on any atom is 0.259 e. The molecule has 1 saturated carbocycles. The lowest BCUT2D eigenvalue weighted by molar-refractivity contribution is -0.121. The van der Waals surface area contributed by atoms with Crippen LogP contribution in [0, 0.1) is 11.8 Å². The molecule has 1 aliphatic rings. The van der Waals surface area contributed by atoms with E-state index in [4.69, 9.17) is 4.52 Å². The zero-order valence-corrected chi connectivity index (χ0v) is 13.0. The Labute approximate surface area is 130 Å². The number of hydrogen-bond acceptors (Lipinski definition) is 4. The van der Waals surface area contributed by atoms with Crippen LogP contribution in [0.3, 0.4) is 0 Å². The molecule has 0 unspecified atom stereocenters. The molecular formula is C17H23N3O2. The molecule has 0 saturated heterocycles. The topological polar surface area (TPSA) is 68.0 Å². The number of carbonyl (C=O) groups excluding carboxylic acids is 1. The molecule has 0 spiro atoms. The summed E-state index contributed by atoms with van der Waals surface area (Å²) in [4.78, 5) is 16.5. The fourth-order valence-electron chi connectivity index (χ4n) is 3.30. The lowest BCUT2D eigenvalue weighted by atomic mass is 9.79. The van der Waals surface area contributed by atoms with Crippen molar-refractivity contribution >= 4 is 22.8 Å². The van der Waals surface area contributed by atoms with E-state index in [9.17, 15) is 4.79 Å². The number of amides is 1. The number of unbranched alkanes of at least 4 members (excludes halogenated alkanes) is 1.